The number of benzene rings is 2. The average Bonchev–Trinajstić information content (AvgIpc) is 2.40. The minimum atomic E-state index is -0.123. The van der Waals surface area contributed by atoms with Crippen LogP contribution in [0.1, 0.15) is 5.56 Å². The number of halogens is 1. The molecule has 2 aromatic rings. The first-order valence-corrected chi connectivity index (χ1v) is 5.97. The van der Waals surface area contributed by atoms with E-state index in [2.05, 4.69) is 0 Å². The van der Waals surface area contributed by atoms with Crippen LogP contribution in [0.4, 0.5) is 5.69 Å². The molecule has 0 unspecified atom stereocenters. The summed E-state index contributed by atoms with van der Waals surface area (Å²) in [5.41, 5.74) is 1.46. The van der Waals surface area contributed by atoms with Crippen molar-refractivity contribution in [2.45, 2.75) is 6.42 Å². The lowest BCUT2D eigenvalue weighted by molar-refractivity contribution is -0.123. The third-order valence-corrected chi connectivity index (χ3v) is 3.16. The zero-order valence-electron chi connectivity index (χ0n) is 9.47. The molecule has 1 amide bonds. The maximum atomic E-state index is 12.1. The SMILES string of the molecule is O=C1Cc2c(Cl)cccc2ON1c1ccccc1. The Morgan fingerprint density at radius 3 is 2.61 bits per heavy atom. The fourth-order valence-electron chi connectivity index (χ4n) is 1.93. The van der Waals surface area contributed by atoms with Gasteiger partial charge in [0.2, 0.25) is 0 Å². The minimum Gasteiger partial charge on any atom is -0.372 e. The molecule has 18 heavy (non-hydrogen) atoms. The van der Waals surface area contributed by atoms with E-state index in [1.165, 1.54) is 5.06 Å². The molecular formula is C14H10ClNO2. The maximum Gasteiger partial charge on any atom is 0.264 e. The fourth-order valence-corrected chi connectivity index (χ4v) is 2.16. The number of hydroxylamine groups is 1. The van der Waals surface area contributed by atoms with Crippen LogP contribution in [0.2, 0.25) is 5.02 Å². The smallest absolute Gasteiger partial charge is 0.264 e. The van der Waals surface area contributed by atoms with Crippen molar-refractivity contribution in [3.63, 3.8) is 0 Å². The number of para-hydroxylation sites is 1. The molecule has 3 rings (SSSR count). The summed E-state index contributed by atoms with van der Waals surface area (Å²) in [6.07, 6.45) is 0.254. The zero-order valence-corrected chi connectivity index (χ0v) is 10.2. The van der Waals surface area contributed by atoms with Gasteiger partial charge in [-0.25, -0.2) is 0 Å². The highest BCUT2D eigenvalue weighted by Crippen LogP contribution is 2.33. The molecule has 3 nitrogen and oxygen atoms in total. The lowest BCUT2D eigenvalue weighted by Gasteiger charge is -2.28. The number of nitrogens with zero attached hydrogens (tertiary/aromatic N) is 1. The predicted molar refractivity (Wildman–Crippen MR) is 69.7 cm³/mol. The first kappa shape index (κ1) is 11.1. The van der Waals surface area contributed by atoms with Crippen molar-refractivity contribution in [1.82, 2.24) is 0 Å². The molecule has 1 heterocycles. The highest BCUT2D eigenvalue weighted by atomic mass is 35.5. The van der Waals surface area contributed by atoms with E-state index in [4.69, 9.17) is 16.4 Å². The molecule has 1 aliphatic rings. The maximum absolute atomic E-state index is 12.1. The Morgan fingerprint density at radius 1 is 1.06 bits per heavy atom. The number of anilines is 1. The van der Waals surface area contributed by atoms with Crippen LogP contribution in [0, 0.1) is 0 Å². The Kier molecular flexibility index (Phi) is 2.68. The van der Waals surface area contributed by atoms with E-state index < -0.39 is 0 Å². The summed E-state index contributed by atoms with van der Waals surface area (Å²) < 4.78 is 0. The van der Waals surface area contributed by atoms with Crippen LogP contribution in [0.25, 0.3) is 0 Å². The van der Waals surface area contributed by atoms with Crippen molar-refractivity contribution in [1.29, 1.82) is 0 Å². The first-order valence-electron chi connectivity index (χ1n) is 5.59. The normalized spacial score (nSPS) is 14.1. The van der Waals surface area contributed by atoms with Gasteiger partial charge in [0.1, 0.15) is 0 Å². The van der Waals surface area contributed by atoms with Crippen LogP contribution in [0.5, 0.6) is 5.75 Å². The van der Waals surface area contributed by atoms with Gasteiger partial charge >= 0.3 is 0 Å². The Balaban J connectivity index is 2.00. The molecule has 0 aliphatic carbocycles. The van der Waals surface area contributed by atoms with Gasteiger partial charge in [0.05, 0.1) is 12.1 Å². The van der Waals surface area contributed by atoms with E-state index in [1.807, 2.05) is 36.4 Å². The van der Waals surface area contributed by atoms with Gasteiger partial charge in [-0.3, -0.25) is 4.79 Å². The van der Waals surface area contributed by atoms with E-state index in [0.29, 0.717) is 16.5 Å². The number of amides is 1. The quantitative estimate of drug-likeness (QED) is 0.787. The molecule has 0 spiro atoms. The molecule has 0 saturated carbocycles. The molecule has 0 radical (unpaired) electrons. The van der Waals surface area contributed by atoms with Gasteiger partial charge in [-0.2, -0.15) is 0 Å². The Bertz CT molecular complexity index is 598. The Hall–Kier alpha value is -2.00. The molecule has 0 bridgehead atoms. The van der Waals surface area contributed by atoms with E-state index in [-0.39, 0.29) is 12.3 Å². The molecule has 0 aromatic heterocycles. The second-order valence-electron chi connectivity index (χ2n) is 4.01. The van der Waals surface area contributed by atoms with Gasteiger partial charge in [-0.1, -0.05) is 35.9 Å². The number of carbonyl (C=O) groups excluding carboxylic acids is 1. The molecular weight excluding hydrogens is 250 g/mol. The first-order chi connectivity index (χ1) is 8.75. The molecule has 0 fully saturated rings. The zero-order chi connectivity index (χ0) is 12.5. The molecule has 2 aromatic carbocycles. The second kappa shape index (κ2) is 4.35. The summed E-state index contributed by atoms with van der Waals surface area (Å²) in [6, 6.07) is 14.6. The number of carbonyl (C=O) groups is 1. The average molecular weight is 260 g/mol. The monoisotopic (exact) mass is 259 g/mol. The lowest BCUT2D eigenvalue weighted by Crippen LogP contribution is -2.39. The van der Waals surface area contributed by atoms with Gasteiger partial charge in [-0.15, -0.1) is 5.06 Å². The van der Waals surface area contributed by atoms with Gasteiger partial charge in [-0.05, 0) is 24.3 Å². The van der Waals surface area contributed by atoms with Crippen LogP contribution in [0.3, 0.4) is 0 Å². The van der Waals surface area contributed by atoms with Crippen LogP contribution in [-0.2, 0) is 11.2 Å². The second-order valence-corrected chi connectivity index (χ2v) is 4.42. The summed E-state index contributed by atoms with van der Waals surface area (Å²) in [7, 11) is 0. The summed E-state index contributed by atoms with van der Waals surface area (Å²) in [5, 5.41) is 1.87. The van der Waals surface area contributed by atoms with Crippen molar-refractivity contribution in [3.05, 3.63) is 59.1 Å². The molecule has 0 saturated heterocycles. The van der Waals surface area contributed by atoms with Crippen molar-refractivity contribution in [2.24, 2.45) is 0 Å². The summed E-state index contributed by atoms with van der Waals surface area (Å²) in [6.45, 7) is 0. The van der Waals surface area contributed by atoms with Crippen LogP contribution in [-0.4, -0.2) is 5.91 Å². The fraction of sp³-hybridized carbons (Fsp3) is 0.0714. The van der Waals surface area contributed by atoms with Crippen LogP contribution < -0.4 is 9.90 Å². The molecule has 1 aliphatic heterocycles. The molecule has 90 valence electrons. The predicted octanol–water partition coefficient (Wildman–Crippen LogP) is 3.22. The topological polar surface area (TPSA) is 29.5 Å². The number of hydrogen-bond acceptors (Lipinski definition) is 2. The Labute approximate surface area is 110 Å². The minimum absolute atomic E-state index is 0.123. The molecule has 4 heteroatoms. The van der Waals surface area contributed by atoms with E-state index in [1.54, 1.807) is 12.1 Å². The summed E-state index contributed by atoms with van der Waals surface area (Å²) in [5.74, 6) is 0.507. The summed E-state index contributed by atoms with van der Waals surface area (Å²) >= 11 is 6.05. The van der Waals surface area contributed by atoms with Crippen molar-refractivity contribution in [3.8, 4) is 5.75 Å². The van der Waals surface area contributed by atoms with Crippen molar-refractivity contribution < 1.29 is 9.63 Å². The number of fused-ring (bicyclic) bond motifs is 1. The van der Waals surface area contributed by atoms with Crippen LogP contribution in [0.15, 0.2) is 48.5 Å². The third-order valence-electron chi connectivity index (χ3n) is 2.81. The van der Waals surface area contributed by atoms with Crippen molar-refractivity contribution in [2.75, 3.05) is 5.06 Å². The molecule has 0 N–H and O–H groups in total. The molecule has 0 atom stereocenters. The van der Waals surface area contributed by atoms with E-state index in [9.17, 15) is 4.79 Å². The van der Waals surface area contributed by atoms with E-state index >= 15 is 0 Å². The highest BCUT2D eigenvalue weighted by molar-refractivity contribution is 6.31. The van der Waals surface area contributed by atoms with Gasteiger partial charge in [0.15, 0.2) is 5.75 Å². The highest BCUT2D eigenvalue weighted by Gasteiger charge is 2.27. The van der Waals surface area contributed by atoms with Gasteiger partial charge < -0.3 is 4.84 Å². The van der Waals surface area contributed by atoms with Crippen LogP contribution >= 0.6 is 11.6 Å². The largest absolute Gasteiger partial charge is 0.372 e. The lowest BCUT2D eigenvalue weighted by atomic mass is 10.1. The van der Waals surface area contributed by atoms with Gasteiger partial charge in [0.25, 0.3) is 5.91 Å². The third kappa shape index (κ3) is 1.83. The van der Waals surface area contributed by atoms with Gasteiger partial charge in [0, 0.05) is 10.6 Å². The number of rotatable bonds is 1. The summed E-state index contributed by atoms with van der Waals surface area (Å²) in [4.78, 5) is 17.7. The standard InChI is InChI=1S/C14H10ClNO2/c15-12-7-4-8-13-11(12)9-14(17)16(18-13)10-5-2-1-3-6-10/h1-8H,9H2. The Morgan fingerprint density at radius 2 is 1.83 bits per heavy atom. The number of hydrogen-bond donors (Lipinski definition) is 0. The van der Waals surface area contributed by atoms with E-state index in [0.717, 1.165) is 5.56 Å². The van der Waals surface area contributed by atoms with Crippen molar-refractivity contribution >= 4 is 23.2 Å².